The number of ether oxygens (including phenoxy) is 2. The molecule has 0 bridgehead atoms. The van der Waals surface area contributed by atoms with Crippen LogP contribution in [-0.2, 0) is 14.3 Å². The van der Waals surface area contributed by atoms with Crippen molar-refractivity contribution in [2.45, 2.75) is 96.8 Å². The third kappa shape index (κ3) is 12.5. The highest BCUT2D eigenvalue weighted by molar-refractivity contribution is 6.48. The molecule has 0 N–H and O–H groups in total. The number of hydrogen-bond donors (Lipinski definition) is 0. The molecule has 0 amide bonds. The maximum Gasteiger partial charge on any atom is 0.311 e. The predicted molar refractivity (Wildman–Crippen MR) is 133 cm³/mol. The average Bonchev–Trinajstić information content (AvgIpc) is 2.76. The van der Waals surface area contributed by atoms with Gasteiger partial charge in [0, 0.05) is 12.8 Å². The van der Waals surface area contributed by atoms with Gasteiger partial charge in [0.15, 0.2) is 5.75 Å². The summed E-state index contributed by atoms with van der Waals surface area (Å²) in [6, 6.07) is 1.37. The standard InChI is InChI=1S/C24H34Cl4O4/c1-2-3-4-5-6-7-8-9-10-11-12-16-31-20(29)14-13-15-21(30)32-24-22(27)18(25)17-19(26)23(24)28/h17H,2-16H2,1H3. The van der Waals surface area contributed by atoms with Gasteiger partial charge in [-0.15, -0.1) is 0 Å². The fraction of sp³-hybridized carbons (Fsp3) is 0.667. The van der Waals surface area contributed by atoms with Gasteiger partial charge in [-0.25, -0.2) is 0 Å². The van der Waals surface area contributed by atoms with Crippen LogP contribution < -0.4 is 4.74 Å². The highest BCUT2D eigenvalue weighted by atomic mass is 35.5. The normalized spacial score (nSPS) is 10.9. The van der Waals surface area contributed by atoms with E-state index >= 15 is 0 Å². The van der Waals surface area contributed by atoms with Crippen molar-refractivity contribution < 1.29 is 19.1 Å². The number of benzene rings is 1. The molecule has 0 aliphatic rings. The summed E-state index contributed by atoms with van der Waals surface area (Å²) < 4.78 is 10.4. The topological polar surface area (TPSA) is 52.6 Å². The first-order chi connectivity index (χ1) is 15.4. The number of carbonyl (C=O) groups excluding carboxylic acids is 2. The Bertz CT molecular complexity index is 683. The summed E-state index contributed by atoms with van der Waals surface area (Å²) >= 11 is 23.9. The SMILES string of the molecule is CCCCCCCCCCCCCOC(=O)CCCC(=O)Oc1c(Cl)c(Cl)cc(Cl)c1Cl. The van der Waals surface area contributed by atoms with Crippen molar-refractivity contribution >= 4 is 58.3 Å². The Balaban J connectivity index is 2.06. The highest BCUT2D eigenvalue weighted by Crippen LogP contribution is 2.42. The van der Waals surface area contributed by atoms with Gasteiger partial charge in [-0.3, -0.25) is 9.59 Å². The van der Waals surface area contributed by atoms with Crippen LogP contribution in [0, 0.1) is 0 Å². The number of rotatable bonds is 17. The lowest BCUT2D eigenvalue weighted by molar-refractivity contribution is -0.144. The zero-order chi connectivity index (χ0) is 23.8. The Morgan fingerprint density at radius 3 is 1.69 bits per heavy atom. The van der Waals surface area contributed by atoms with Gasteiger partial charge in [0.25, 0.3) is 0 Å². The van der Waals surface area contributed by atoms with Crippen molar-refractivity contribution in [3.63, 3.8) is 0 Å². The number of esters is 2. The summed E-state index contributed by atoms with van der Waals surface area (Å²) in [5.41, 5.74) is 0. The van der Waals surface area contributed by atoms with Crippen LogP contribution in [0.5, 0.6) is 5.75 Å². The van der Waals surface area contributed by atoms with Crippen LogP contribution in [0.1, 0.15) is 96.8 Å². The Morgan fingerprint density at radius 1 is 0.688 bits per heavy atom. The minimum atomic E-state index is -0.578. The largest absolute Gasteiger partial charge is 0.466 e. The summed E-state index contributed by atoms with van der Waals surface area (Å²) in [6.45, 7) is 2.66. The minimum absolute atomic E-state index is 0.0146. The zero-order valence-electron chi connectivity index (χ0n) is 18.8. The molecule has 1 rings (SSSR count). The van der Waals surface area contributed by atoms with E-state index < -0.39 is 5.97 Å². The summed E-state index contributed by atoms with van der Waals surface area (Å²) in [5.74, 6) is -0.966. The number of carbonyl (C=O) groups is 2. The summed E-state index contributed by atoms with van der Waals surface area (Å²) in [6.07, 6.45) is 14.2. The first kappa shape index (κ1) is 29.4. The van der Waals surface area contributed by atoms with E-state index in [4.69, 9.17) is 55.9 Å². The smallest absolute Gasteiger partial charge is 0.311 e. The van der Waals surface area contributed by atoms with Crippen molar-refractivity contribution in [2.24, 2.45) is 0 Å². The van der Waals surface area contributed by atoms with Crippen LogP contribution in [0.25, 0.3) is 0 Å². The molecule has 0 atom stereocenters. The van der Waals surface area contributed by atoms with Gasteiger partial charge in [-0.2, -0.15) is 0 Å². The van der Waals surface area contributed by atoms with Gasteiger partial charge >= 0.3 is 11.9 Å². The summed E-state index contributed by atoms with van der Waals surface area (Å²) in [5, 5.41) is 0.298. The number of hydrogen-bond acceptors (Lipinski definition) is 4. The fourth-order valence-corrected chi connectivity index (χ4v) is 4.08. The number of unbranched alkanes of at least 4 members (excludes halogenated alkanes) is 10. The molecule has 1 aromatic carbocycles. The van der Waals surface area contributed by atoms with E-state index in [1.807, 2.05) is 0 Å². The molecule has 0 aliphatic carbocycles. The molecular formula is C24H34Cl4O4. The van der Waals surface area contributed by atoms with E-state index in [2.05, 4.69) is 6.92 Å². The van der Waals surface area contributed by atoms with E-state index in [1.54, 1.807) is 0 Å². The second-order valence-electron chi connectivity index (χ2n) is 7.88. The van der Waals surface area contributed by atoms with Gasteiger partial charge in [0.2, 0.25) is 0 Å². The maximum atomic E-state index is 12.0. The lowest BCUT2D eigenvalue weighted by atomic mass is 10.1. The van der Waals surface area contributed by atoms with E-state index in [-0.39, 0.29) is 44.7 Å². The molecule has 0 aromatic heterocycles. The molecule has 0 saturated heterocycles. The van der Waals surface area contributed by atoms with Gasteiger partial charge in [0.1, 0.15) is 10.0 Å². The van der Waals surface area contributed by atoms with E-state index in [0.29, 0.717) is 13.0 Å². The van der Waals surface area contributed by atoms with Crippen LogP contribution in [-0.4, -0.2) is 18.5 Å². The first-order valence-electron chi connectivity index (χ1n) is 11.6. The van der Waals surface area contributed by atoms with Gasteiger partial charge < -0.3 is 9.47 Å². The summed E-state index contributed by atoms with van der Waals surface area (Å²) in [7, 11) is 0. The van der Waals surface area contributed by atoms with Crippen molar-refractivity contribution in [3.05, 3.63) is 26.2 Å². The zero-order valence-corrected chi connectivity index (χ0v) is 21.9. The van der Waals surface area contributed by atoms with Crippen molar-refractivity contribution in [3.8, 4) is 5.75 Å². The van der Waals surface area contributed by atoms with Crippen molar-refractivity contribution in [1.29, 1.82) is 0 Å². The van der Waals surface area contributed by atoms with E-state index in [9.17, 15) is 9.59 Å². The lowest BCUT2D eigenvalue weighted by Crippen LogP contribution is -2.11. The fourth-order valence-electron chi connectivity index (χ4n) is 3.21. The molecule has 1 aromatic rings. The predicted octanol–water partition coefficient (Wildman–Crippen LogP) is 9.23. The van der Waals surface area contributed by atoms with Gasteiger partial charge in [0.05, 0.1) is 16.7 Å². The number of halogens is 4. The monoisotopic (exact) mass is 526 g/mol. The molecule has 0 unspecified atom stereocenters. The Kier molecular flexibility index (Phi) is 16.3. The van der Waals surface area contributed by atoms with Gasteiger partial charge in [-0.1, -0.05) is 118 Å². The second kappa shape index (κ2) is 17.8. The average molecular weight is 528 g/mol. The molecule has 0 fully saturated rings. The van der Waals surface area contributed by atoms with Crippen LogP contribution in [0.4, 0.5) is 0 Å². The molecule has 0 spiro atoms. The first-order valence-corrected chi connectivity index (χ1v) is 13.1. The molecule has 182 valence electrons. The molecular weight excluding hydrogens is 494 g/mol. The molecule has 0 heterocycles. The molecule has 0 radical (unpaired) electrons. The molecule has 0 saturated carbocycles. The molecule has 8 heteroatoms. The molecule has 4 nitrogen and oxygen atoms in total. The van der Waals surface area contributed by atoms with Crippen LogP contribution in [0.2, 0.25) is 20.1 Å². The third-order valence-electron chi connectivity index (χ3n) is 5.06. The van der Waals surface area contributed by atoms with Crippen LogP contribution in [0.15, 0.2) is 6.07 Å². The lowest BCUT2D eigenvalue weighted by Gasteiger charge is -2.10. The van der Waals surface area contributed by atoms with Crippen molar-refractivity contribution in [2.75, 3.05) is 6.61 Å². The molecule has 0 aliphatic heterocycles. The van der Waals surface area contributed by atoms with Crippen LogP contribution >= 0.6 is 46.4 Å². The Hall–Kier alpha value is -0.680. The summed E-state index contributed by atoms with van der Waals surface area (Å²) in [4.78, 5) is 23.8. The van der Waals surface area contributed by atoms with Crippen molar-refractivity contribution in [1.82, 2.24) is 0 Å². The third-order valence-corrected chi connectivity index (χ3v) is 6.60. The minimum Gasteiger partial charge on any atom is -0.466 e. The van der Waals surface area contributed by atoms with Gasteiger partial charge in [-0.05, 0) is 18.9 Å². The molecule has 32 heavy (non-hydrogen) atoms. The highest BCUT2D eigenvalue weighted by Gasteiger charge is 2.18. The van der Waals surface area contributed by atoms with E-state index in [0.717, 1.165) is 12.8 Å². The Morgan fingerprint density at radius 2 is 1.16 bits per heavy atom. The Labute approximate surface area is 212 Å². The van der Waals surface area contributed by atoms with Crippen LogP contribution in [0.3, 0.4) is 0 Å². The maximum absolute atomic E-state index is 12.0. The second-order valence-corrected chi connectivity index (χ2v) is 9.45. The van der Waals surface area contributed by atoms with E-state index in [1.165, 1.54) is 63.9 Å². The quantitative estimate of drug-likeness (QED) is 0.0876.